The Morgan fingerprint density at radius 2 is 1.78 bits per heavy atom. The molecule has 1 aliphatic heterocycles. The summed E-state index contributed by atoms with van der Waals surface area (Å²) >= 11 is 0. The lowest BCUT2D eigenvalue weighted by Gasteiger charge is -2.32. The molecule has 124 valence electrons. The van der Waals surface area contributed by atoms with Crippen molar-refractivity contribution in [1.29, 1.82) is 0 Å². The number of hydrogen-bond donors (Lipinski definition) is 1. The van der Waals surface area contributed by atoms with E-state index in [0.29, 0.717) is 24.4 Å². The van der Waals surface area contributed by atoms with E-state index in [0.717, 1.165) is 31.7 Å². The van der Waals surface area contributed by atoms with Gasteiger partial charge in [-0.2, -0.15) is 0 Å². The number of methoxy groups -OCH3 is 1. The Bertz CT molecular complexity index is 585. The van der Waals surface area contributed by atoms with Gasteiger partial charge in [0.25, 0.3) is 0 Å². The van der Waals surface area contributed by atoms with E-state index >= 15 is 0 Å². The molecule has 1 saturated carbocycles. The van der Waals surface area contributed by atoms with Crippen LogP contribution in [0.1, 0.15) is 32.6 Å². The zero-order chi connectivity index (χ0) is 16.4. The maximum absolute atomic E-state index is 12.8. The summed E-state index contributed by atoms with van der Waals surface area (Å²) in [5.41, 5.74) is -0.136. The van der Waals surface area contributed by atoms with Gasteiger partial charge in [0.2, 0.25) is 11.8 Å². The highest BCUT2D eigenvalue weighted by atomic mass is 16.5. The highest BCUT2D eigenvalue weighted by Crippen LogP contribution is 2.48. The predicted molar refractivity (Wildman–Crippen MR) is 88.3 cm³/mol. The van der Waals surface area contributed by atoms with Crippen molar-refractivity contribution < 1.29 is 14.3 Å². The van der Waals surface area contributed by atoms with Crippen LogP contribution in [0.3, 0.4) is 0 Å². The van der Waals surface area contributed by atoms with Gasteiger partial charge in [0.1, 0.15) is 11.2 Å². The van der Waals surface area contributed by atoms with Crippen LogP contribution in [-0.4, -0.2) is 36.9 Å². The van der Waals surface area contributed by atoms with E-state index in [1.54, 1.807) is 31.4 Å². The van der Waals surface area contributed by atoms with Gasteiger partial charge in [-0.3, -0.25) is 9.59 Å². The van der Waals surface area contributed by atoms with Crippen LogP contribution in [0.25, 0.3) is 0 Å². The first-order valence-corrected chi connectivity index (χ1v) is 8.30. The quantitative estimate of drug-likeness (QED) is 0.869. The number of ether oxygens (including phenoxy) is 1. The average Bonchev–Trinajstić information content (AvgIpc) is 3.37. The second-order valence-electron chi connectivity index (χ2n) is 6.74. The molecule has 1 N–H and O–H groups in total. The van der Waals surface area contributed by atoms with Crippen LogP contribution in [0.2, 0.25) is 0 Å². The van der Waals surface area contributed by atoms with Crippen molar-refractivity contribution in [2.45, 2.75) is 32.6 Å². The fourth-order valence-electron chi connectivity index (χ4n) is 3.10. The Hall–Kier alpha value is -2.04. The minimum atomic E-state index is -0.833. The number of likely N-dealkylation sites (tertiary alicyclic amines) is 1. The molecular formula is C18H24N2O3. The molecule has 5 heteroatoms. The van der Waals surface area contributed by atoms with Crippen LogP contribution in [0.15, 0.2) is 24.3 Å². The zero-order valence-corrected chi connectivity index (χ0v) is 13.8. The molecule has 1 aliphatic carbocycles. The Morgan fingerprint density at radius 1 is 1.17 bits per heavy atom. The summed E-state index contributed by atoms with van der Waals surface area (Å²) < 4.78 is 5.11. The fourth-order valence-corrected chi connectivity index (χ4v) is 3.10. The van der Waals surface area contributed by atoms with Crippen LogP contribution < -0.4 is 10.1 Å². The summed E-state index contributed by atoms with van der Waals surface area (Å²) in [7, 11) is 1.60. The van der Waals surface area contributed by atoms with E-state index in [2.05, 4.69) is 12.2 Å². The first-order chi connectivity index (χ1) is 11.0. The molecule has 1 aromatic rings. The summed E-state index contributed by atoms with van der Waals surface area (Å²) in [6.45, 7) is 3.76. The maximum atomic E-state index is 12.8. The van der Waals surface area contributed by atoms with Gasteiger partial charge in [-0.05, 0) is 55.9 Å². The molecule has 2 amide bonds. The summed E-state index contributed by atoms with van der Waals surface area (Å²) in [5, 5.41) is 2.88. The predicted octanol–water partition coefficient (Wildman–Crippen LogP) is 2.67. The average molecular weight is 316 g/mol. The van der Waals surface area contributed by atoms with Gasteiger partial charge in [-0.15, -0.1) is 0 Å². The molecule has 3 rings (SSSR count). The first-order valence-electron chi connectivity index (χ1n) is 8.30. The van der Waals surface area contributed by atoms with Crippen LogP contribution in [0.5, 0.6) is 5.75 Å². The van der Waals surface area contributed by atoms with Crippen molar-refractivity contribution in [3.05, 3.63) is 24.3 Å². The molecule has 5 nitrogen and oxygen atoms in total. The standard InChI is InChI=1S/C18H24N2O3/c1-13-7-11-20(12-8-13)17(22)18(9-10-18)16(21)19-14-3-5-15(23-2)6-4-14/h3-6,13H,7-12H2,1-2H3,(H,19,21). The monoisotopic (exact) mass is 316 g/mol. The molecular weight excluding hydrogens is 292 g/mol. The summed E-state index contributed by atoms with van der Waals surface area (Å²) in [6.07, 6.45) is 3.36. The Kier molecular flexibility index (Phi) is 4.28. The molecule has 2 aliphatic rings. The SMILES string of the molecule is COc1ccc(NC(=O)C2(C(=O)N3CCC(C)CC3)CC2)cc1. The van der Waals surface area contributed by atoms with Gasteiger partial charge >= 0.3 is 0 Å². The lowest BCUT2D eigenvalue weighted by atomic mass is 9.96. The topological polar surface area (TPSA) is 58.6 Å². The molecule has 0 aromatic heterocycles. The van der Waals surface area contributed by atoms with E-state index < -0.39 is 5.41 Å². The van der Waals surface area contributed by atoms with Gasteiger partial charge in [0, 0.05) is 18.8 Å². The van der Waals surface area contributed by atoms with Crippen molar-refractivity contribution in [1.82, 2.24) is 4.90 Å². The van der Waals surface area contributed by atoms with E-state index in [4.69, 9.17) is 4.74 Å². The zero-order valence-electron chi connectivity index (χ0n) is 13.8. The third-order valence-corrected chi connectivity index (χ3v) is 5.01. The van der Waals surface area contributed by atoms with Crippen molar-refractivity contribution in [2.24, 2.45) is 11.3 Å². The Labute approximate surface area is 137 Å². The number of benzene rings is 1. The molecule has 1 saturated heterocycles. The lowest BCUT2D eigenvalue weighted by molar-refractivity contribution is -0.143. The largest absolute Gasteiger partial charge is 0.497 e. The highest BCUT2D eigenvalue weighted by Gasteiger charge is 2.58. The molecule has 23 heavy (non-hydrogen) atoms. The molecule has 0 unspecified atom stereocenters. The number of piperidine rings is 1. The Morgan fingerprint density at radius 3 is 2.30 bits per heavy atom. The summed E-state index contributed by atoms with van der Waals surface area (Å²) in [4.78, 5) is 27.3. The smallest absolute Gasteiger partial charge is 0.240 e. The van der Waals surface area contributed by atoms with Crippen molar-refractivity contribution >= 4 is 17.5 Å². The molecule has 1 heterocycles. The number of nitrogens with one attached hydrogen (secondary N) is 1. The van der Waals surface area contributed by atoms with Crippen molar-refractivity contribution in [3.63, 3.8) is 0 Å². The van der Waals surface area contributed by atoms with E-state index in [-0.39, 0.29) is 11.8 Å². The molecule has 0 atom stereocenters. The van der Waals surface area contributed by atoms with Gasteiger partial charge < -0.3 is 15.0 Å². The van der Waals surface area contributed by atoms with Crippen LogP contribution in [0.4, 0.5) is 5.69 Å². The van der Waals surface area contributed by atoms with Crippen LogP contribution >= 0.6 is 0 Å². The molecule has 1 aromatic carbocycles. The number of rotatable bonds is 4. The minimum Gasteiger partial charge on any atom is -0.497 e. The number of nitrogens with zero attached hydrogens (tertiary/aromatic N) is 1. The normalized spacial score (nSPS) is 20.0. The van der Waals surface area contributed by atoms with E-state index in [1.807, 2.05) is 4.90 Å². The van der Waals surface area contributed by atoms with Crippen LogP contribution in [-0.2, 0) is 9.59 Å². The highest BCUT2D eigenvalue weighted by molar-refractivity contribution is 6.13. The molecule has 0 spiro atoms. The second kappa shape index (κ2) is 6.22. The third-order valence-electron chi connectivity index (χ3n) is 5.01. The van der Waals surface area contributed by atoms with Crippen molar-refractivity contribution in [3.8, 4) is 5.75 Å². The van der Waals surface area contributed by atoms with Crippen molar-refractivity contribution in [2.75, 3.05) is 25.5 Å². The van der Waals surface area contributed by atoms with E-state index in [9.17, 15) is 9.59 Å². The molecule has 2 fully saturated rings. The Balaban J connectivity index is 1.64. The van der Waals surface area contributed by atoms with Gasteiger partial charge in [-0.1, -0.05) is 6.92 Å². The van der Waals surface area contributed by atoms with Gasteiger partial charge in [0.15, 0.2) is 0 Å². The number of hydrogen-bond acceptors (Lipinski definition) is 3. The summed E-state index contributed by atoms with van der Waals surface area (Å²) in [5.74, 6) is 1.24. The summed E-state index contributed by atoms with van der Waals surface area (Å²) in [6, 6.07) is 7.17. The number of anilines is 1. The first kappa shape index (κ1) is 15.8. The lowest BCUT2D eigenvalue weighted by Crippen LogP contribution is -2.46. The van der Waals surface area contributed by atoms with Gasteiger partial charge in [0.05, 0.1) is 7.11 Å². The molecule has 0 radical (unpaired) electrons. The fraction of sp³-hybridized carbons (Fsp3) is 0.556. The van der Waals surface area contributed by atoms with Gasteiger partial charge in [-0.25, -0.2) is 0 Å². The maximum Gasteiger partial charge on any atom is 0.240 e. The van der Waals surface area contributed by atoms with Crippen LogP contribution in [0, 0.1) is 11.3 Å². The number of carbonyl (C=O) groups is 2. The number of amides is 2. The second-order valence-corrected chi connectivity index (χ2v) is 6.74. The minimum absolute atomic E-state index is 0.00964. The third kappa shape index (κ3) is 3.19. The van der Waals surface area contributed by atoms with E-state index in [1.165, 1.54) is 0 Å². The number of carbonyl (C=O) groups excluding carboxylic acids is 2. The molecule has 0 bridgehead atoms.